The van der Waals surface area contributed by atoms with Crippen molar-refractivity contribution in [1.82, 2.24) is 0 Å². The van der Waals surface area contributed by atoms with Crippen molar-refractivity contribution in [3.63, 3.8) is 0 Å². The van der Waals surface area contributed by atoms with Gasteiger partial charge in [0.2, 0.25) is 0 Å². The molecule has 1 saturated carbocycles. The van der Waals surface area contributed by atoms with E-state index in [4.69, 9.17) is 10.5 Å². The first-order chi connectivity index (χ1) is 7.76. The largest absolute Gasteiger partial charge is 0.461 e. The Morgan fingerprint density at radius 1 is 1.29 bits per heavy atom. The molecule has 1 fully saturated rings. The van der Waals surface area contributed by atoms with Gasteiger partial charge >= 0.3 is 5.97 Å². The van der Waals surface area contributed by atoms with Crippen LogP contribution in [0.15, 0.2) is 12.7 Å². The lowest BCUT2D eigenvalue weighted by molar-refractivity contribution is -0.142. The first-order valence-corrected chi connectivity index (χ1v) is 6.22. The van der Waals surface area contributed by atoms with E-state index in [1.807, 2.05) is 0 Å². The summed E-state index contributed by atoms with van der Waals surface area (Å²) in [6.07, 6.45) is 8.00. The van der Waals surface area contributed by atoms with E-state index in [0.29, 0.717) is 24.9 Å². The molecule has 0 bridgehead atoms. The lowest BCUT2D eigenvalue weighted by Gasteiger charge is -2.27. The fourth-order valence-electron chi connectivity index (χ4n) is 2.30. The number of hydrogen-bond donors (Lipinski definition) is 1. The van der Waals surface area contributed by atoms with Crippen LogP contribution in [-0.4, -0.2) is 19.1 Å². The molecular formula is C13H24ClNO2. The third kappa shape index (κ3) is 6.69. The summed E-state index contributed by atoms with van der Waals surface area (Å²) in [6, 6.07) is 0. The van der Waals surface area contributed by atoms with Gasteiger partial charge in [-0.2, -0.15) is 0 Å². The summed E-state index contributed by atoms with van der Waals surface area (Å²) < 4.78 is 4.95. The topological polar surface area (TPSA) is 52.3 Å². The van der Waals surface area contributed by atoms with Gasteiger partial charge in [0.1, 0.15) is 6.61 Å². The molecule has 0 unspecified atom stereocenters. The molecule has 100 valence electrons. The van der Waals surface area contributed by atoms with E-state index >= 15 is 0 Å². The second-order valence-electron chi connectivity index (χ2n) is 4.63. The van der Waals surface area contributed by atoms with Gasteiger partial charge in [-0.15, -0.1) is 12.4 Å². The van der Waals surface area contributed by atoms with E-state index in [-0.39, 0.29) is 18.4 Å². The van der Waals surface area contributed by atoms with E-state index in [2.05, 4.69) is 6.58 Å². The molecule has 1 aliphatic rings. The molecule has 1 rings (SSSR count). The number of nitrogens with two attached hydrogens (primary N) is 1. The Hall–Kier alpha value is -0.540. The Morgan fingerprint density at radius 3 is 2.41 bits per heavy atom. The predicted molar refractivity (Wildman–Crippen MR) is 72.1 cm³/mol. The summed E-state index contributed by atoms with van der Waals surface area (Å²) in [7, 11) is 0. The molecule has 0 aromatic carbocycles. The predicted octanol–water partition coefficient (Wildman–Crippen LogP) is 2.68. The van der Waals surface area contributed by atoms with Crippen molar-refractivity contribution >= 4 is 18.4 Å². The van der Waals surface area contributed by atoms with Crippen LogP contribution in [0.4, 0.5) is 0 Å². The van der Waals surface area contributed by atoms with E-state index in [1.54, 1.807) is 6.08 Å². The third-order valence-corrected chi connectivity index (χ3v) is 3.42. The van der Waals surface area contributed by atoms with Crippen molar-refractivity contribution in [2.75, 3.05) is 13.2 Å². The van der Waals surface area contributed by atoms with Gasteiger partial charge in [0.05, 0.1) is 0 Å². The van der Waals surface area contributed by atoms with Crippen molar-refractivity contribution in [2.45, 2.75) is 38.5 Å². The molecule has 0 aromatic heterocycles. The molecule has 0 aliphatic heterocycles. The monoisotopic (exact) mass is 261 g/mol. The molecule has 17 heavy (non-hydrogen) atoms. The second kappa shape index (κ2) is 9.49. The smallest absolute Gasteiger partial charge is 0.306 e. The van der Waals surface area contributed by atoms with E-state index in [0.717, 1.165) is 13.0 Å². The first-order valence-electron chi connectivity index (χ1n) is 6.22. The van der Waals surface area contributed by atoms with Crippen molar-refractivity contribution in [2.24, 2.45) is 17.6 Å². The summed E-state index contributed by atoms with van der Waals surface area (Å²) in [5.74, 6) is 1.31. The van der Waals surface area contributed by atoms with Gasteiger partial charge in [-0.3, -0.25) is 4.79 Å². The van der Waals surface area contributed by atoms with Crippen LogP contribution >= 0.6 is 12.4 Å². The van der Waals surface area contributed by atoms with Crippen molar-refractivity contribution in [1.29, 1.82) is 0 Å². The number of carbonyl (C=O) groups is 1. The Balaban J connectivity index is 0.00000256. The van der Waals surface area contributed by atoms with Crippen LogP contribution in [-0.2, 0) is 9.53 Å². The van der Waals surface area contributed by atoms with Crippen LogP contribution < -0.4 is 5.73 Å². The van der Waals surface area contributed by atoms with E-state index < -0.39 is 0 Å². The molecule has 0 saturated heterocycles. The molecule has 0 atom stereocenters. The standard InChI is InChI=1S/C13H23NO2.ClH/c1-2-9-16-13(15)8-7-11-3-5-12(10-14)6-4-11;/h2,11-12H,1,3-10,14H2;1H. The molecule has 1 aliphatic carbocycles. The molecule has 0 spiro atoms. The van der Waals surface area contributed by atoms with E-state index in [9.17, 15) is 4.79 Å². The number of ether oxygens (including phenoxy) is 1. The van der Waals surface area contributed by atoms with Gasteiger partial charge in [-0.25, -0.2) is 0 Å². The van der Waals surface area contributed by atoms with Crippen LogP contribution in [0.3, 0.4) is 0 Å². The number of esters is 1. The van der Waals surface area contributed by atoms with Gasteiger partial charge < -0.3 is 10.5 Å². The maximum Gasteiger partial charge on any atom is 0.306 e. The Labute approximate surface area is 110 Å². The van der Waals surface area contributed by atoms with Gasteiger partial charge in [-0.1, -0.05) is 25.5 Å². The first kappa shape index (κ1) is 16.5. The molecular weight excluding hydrogens is 238 g/mol. The van der Waals surface area contributed by atoms with Gasteiger partial charge in [0.25, 0.3) is 0 Å². The van der Waals surface area contributed by atoms with Crippen LogP contribution in [0.5, 0.6) is 0 Å². The SMILES string of the molecule is C=CCOC(=O)CCC1CCC(CN)CC1.Cl. The van der Waals surface area contributed by atoms with E-state index in [1.165, 1.54) is 25.7 Å². The lowest BCUT2D eigenvalue weighted by Crippen LogP contribution is -2.21. The highest BCUT2D eigenvalue weighted by atomic mass is 35.5. The summed E-state index contributed by atoms with van der Waals surface area (Å²) >= 11 is 0. The van der Waals surface area contributed by atoms with Crippen molar-refractivity contribution < 1.29 is 9.53 Å². The highest BCUT2D eigenvalue weighted by molar-refractivity contribution is 5.85. The molecule has 2 N–H and O–H groups in total. The zero-order valence-corrected chi connectivity index (χ0v) is 11.2. The molecule has 0 heterocycles. The summed E-state index contributed by atoms with van der Waals surface area (Å²) in [5.41, 5.74) is 5.64. The minimum absolute atomic E-state index is 0. The zero-order chi connectivity index (χ0) is 11.8. The quantitative estimate of drug-likeness (QED) is 0.591. The van der Waals surface area contributed by atoms with Crippen LogP contribution in [0.25, 0.3) is 0 Å². The van der Waals surface area contributed by atoms with Gasteiger partial charge in [0, 0.05) is 6.42 Å². The average molecular weight is 262 g/mol. The van der Waals surface area contributed by atoms with Crippen molar-refractivity contribution in [3.8, 4) is 0 Å². The molecule has 0 amide bonds. The number of hydrogen-bond acceptors (Lipinski definition) is 3. The molecule has 0 radical (unpaired) electrons. The normalized spacial score (nSPS) is 23.6. The van der Waals surface area contributed by atoms with Crippen LogP contribution in [0.2, 0.25) is 0 Å². The highest BCUT2D eigenvalue weighted by Gasteiger charge is 2.20. The Kier molecular flexibility index (Phi) is 9.18. The third-order valence-electron chi connectivity index (χ3n) is 3.42. The summed E-state index contributed by atoms with van der Waals surface area (Å²) in [6.45, 7) is 4.66. The van der Waals surface area contributed by atoms with Crippen molar-refractivity contribution in [3.05, 3.63) is 12.7 Å². The zero-order valence-electron chi connectivity index (χ0n) is 10.4. The number of carbonyl (C=O) groups excluding carboxylic acids is 1. The minimum atomic E-state index is -0.0964. The summed E-state index contributed by atoms with van der Waals surface area (Å²) in [5, 5.41) is 0. The maximum atomic E-state index is 11.3. The van der Waals surface area contributed by atoms with Crippen LogP contribution in [0, 0.1) is 11.8 Å². The van der Waals surface area contributed by atoms with Crippen LogP contribution in [0.1, 0.15) is 38.5 Å². The Bertz CT molecular complexity index is 225. The Morgan fingerprint density at radius 2 is 1.88 bits per heavy atom. The van der Waals surface area contributed by atoms with Gasteiger partial charge in [-0.05, 0) is 37.6 Å². The summed E-state index contributed by atoms with van der Waals surface area (Å²) in [4.78, 5) is 11.3. The fraction of sp³-hybridized carbons (Fsp3) is 0.769. The molecule has 3 nitrogen and oxygen atoms in total. The van der Waals surface area contributed by atoms with Gasteiger partial charge in [0.15, 0.2) is 0 Å². The molecule has 4 heteroatoms. The molecule has 0 aromatic rings. The average Bonchev–Trinajstić information content (AvgIpc) is 2.34. The number of rotatable bonds is 6. The minimum Gasteiger partial charge on any atom is -0.461 e. The number of halogens is 1. The highest BCUT2D eigenvalue weighted by Crippen LogP contribution is 2.30. The second-order valence-corrected chi connectivity index (χ2v) is 4.63. The fourth-order valence-corrected chi connectivity index (χ4v) is 2.30. The lowest BCUT2D eigenvalue weighted by atomic mass is 9.80. The maximum absolute atomic E-state index is 11.3.